The van der Waals surface area contributed by atoms with E-state index in [4.69, 9.17) is 5.73 Å². The second kappa shape index (κ2) is 6.17. The van der Waals surface area contributed by atoms with Gasteiger partial charge in [0.2, 0.25) is 0 Å². The molecule has 1 aliphatic rings. The third-order valence-corrected chi connectivity index (χ3v) is 3.83. The minimum Gasteiger partial charge on any atom is -0.465 e. The highest BCUT2D eigenvalue weighted by Gasteiger charge is 2.24. The Hall–Kier alpha value is -1.39. The standard InChI is InChI=1S/C15H22N2O2/c1-11(16)14-7-8-17(10-14)9-12-3-5-13(6-4-12)15(18)19-2/h3-6,11,14H,7-10,16H2,1-2H3. The fourth-order valence-electron chi connectivity index (χ4n) is 2.56. The van der Waals surface area contributed by atoms with Gasteiger partial charge in [0.1, 0.15) is 0 Å². The number of hydrogen-bond acceptors (Lipinski definition) is 4. The molecular weight excluding hydrogens is 240 g/mol. The number of rotatable bonds is 4. The monoisotopic (exact) mass is 262 g/mol. The van der Waals surface area contributed by atoms with Gasteiger partial charge in [0.15, 0.2) is 0 Å². The molecule has 0 aromatic heterocycles. The van der Waals surface area contributed by atoms with Gasteiger partial charge in [-0.3, -0.25) is 4.90 Å². The lowest BCUT2D eigenvalue weighted by molar-refractivity contribution is 0.0600. The molecule has 0 aliphatic carbocycles. The van der Waals surface area contributed by atoms with Crippen LogP contribution in [0, 0.1) is 5.92 Å². The second-order valence-electron chi connectivity index (χ2n) is 5.33. The van der Waals surface area contributed by atoms with Gasteiger partial charge in [-0.15, -0.1) is 0 Å². The van der Waals surface area contributed by atoms with E-state index < -0.39 is 0 Å². The Balaban J connectivity index is 1.92. The van der Waals surface area contributed by atoms with E-state index in [1.807, 2.05) is 24.3 Å². The molecule has 0 radical (unpaired) electrons. The maximum absolute atomic E-state index is 11.3. The van der Waals surface area contributed by atoms with Gasteiger partial charge in [-0.05, 0) is 43.5 Å². The zero-order valence-electron chi connectivity index (χ0n) is 11.6. The van der Waals surface area contributed by atoms with E-state index in [9.17, 15) is 4.79 Å². The van der Waals surface area contributed by atoms with E-state index >= 15 is 0 Å². The van der Waals surface area contributed by atoms with Crippen molar-refractivity contribution in [1.82, 2.24) is 4.90 Å². The molecule has 19 heavy (non-hydrogen) atoms. The van der Waals surface area contributed by atoms with Crippen LogP contribution in [0.25, 0.3) is 0 Å². The molecule has 1 saturated heterocycles. The molecule has 104 valence electrons. The fourth-order valence-corrected chi connectivity index (χ4v) is 2.56. The Kier molecular flexibility index (Phi) is 4.56. The minimum atomic E-state index is -0.287. The molecule has 2 atom stereocenters. The maximum Gasteiger partial charge on any atom is 0.337 e. The quantitative estimate of drug-likeness (QED) is 0.838. The Morgan fingerprint density at radius 1 is 1.47 bits per heavy atom. The second-order valence-corrected chi connectivity index (χ2v) is 5.33. The van der Waals surface area contributed by atoms with Crippen molar-refractivity contribution in [2.75, 3.05) is 20.2 Å². The van der Waals surface area contributed by atoms with Gasteiger partial charge >= 0.3 is 5.97 Å². The number of methoxy groups -OCH3 is 1. The molecule has 2 rings (SSSR count). The average molecular weight is 262 g/mol. The first-order chi connectivity index (χ1) is 9.10. The van der Waals surface area contributed by atoms with Gasteiger partial charge in [-0.2, -0.15) is 0 Å². The summed E-state index contributed by atoms with van der Waals surface area (Å²) in [4.78, 5) is 13.8. The van der Waals surface area contributed by atoms with Crippen LogP contribution < -0.4 is 5.73 Å². The van der Waals surface area contributed by atoms with Crippen LogP contribution >= 0.6 is 0 Å². The summed E-state index contributed by atoms with van der Waals surface area (Å²) in [5.41, 5.74) is 7.76. The number of nitrogens with zero attached hydrogens (tertiary/aromatic N) is 1. The van der Waals surface area contributed by atoms with Crippen LogP contribution in [-0.4, -0.2) is 37.1 Å². The molecule has 4 nitrogen and oxygen atoms in total. The van der Waals surface area contributed by atoms with Crippen LogP contribution in [0.2, 0.25) is 0 Å². The van der Waals surface area contributed by atoms with Crippen molar-refractivity contribution < 1.29 is 9.53 Å². The van der Waals surface area contributed by atoms with Gasteiger partial charge in [0.05, 0.1) is 12.7 Å². The molecule has 2 N–H and O–H groups in total. The van der Waals surface area contributed by atoms with E-state index in [2.05, 4.69) is 16.6 Å². The van der Waals surface area contributed by atoms with Crippen molar-refractivity contribution in [2.45, 2.75) is 25.9 Å². The summed E-state index contributed by atoms with van der Waals surface area (Å²) in [5, 5.41) is 0. The van der Waals surface area contributed by atoms with Gasteiger partial charge in [-0.25, -0.2) is 4.79 Å². The lowest BCUT2D eigenvalue weighted by Gasteiger charge is -2.17. The third-order valence-electron chi connectivity index (χ3n) is 3.83. The molecule has 0 saturated carbocycles. The summed E-state index contributed by atoms with van der Waals surface area (Å²) in [7, 11) is 1.40. The van der Waals surface area contributed by atoms with Crippen LogP contribution in [0.1, 0.15) is 29.3 Å². The molecule has 1 aliphatic heterocycles. The molecule has 0 spiro atoms. The zero-order chi connectivity index (χ0) is 13.8. The maximum atomic E-state index is 11.3. The molecule has 1 aromatic carbocycles. The first-order valence-electron chi connectivity index (χ1n) is 6.75. The number of ether oxygens (including phenoxy) is 1. The largest absolute Gasteiger partial charge is 0.465 e. The van der Waals surface area contributed by atoms with Gasteiger partial charge in [0, 0.05) is 19.1 Å². The predicted octanol–water partition coefficient (Wildman–Crippen LogP) is 1.64. The van der Waals surface area contributed by atoms with E-state index in [0.717, 1.165) is 19.6 Å². The van der Waals surface area contributed by atoms with E-state index in [0.29, 0.717) is 11.5 Å². The van der Waals surface area contributed by atoms with Crippen molar-refractivity contribution in [3.05, 3.63) is 35.4 Å². The number of likely N-dealkylation sites (tertiary alicyclic amines) is 1. The average Bonchev–Trinajstić information content (AvgIpc) is 2.87. The highest BCUT2D eigenvalue weighted by Crippen LogP contribution is 2.20. The van der Waals surface area contributed by atoms with Crippen molar-refractivity contribution in [3.63, 3.8) is 0 Å². The van der Waals surface area contributed by atoms with Crippen LogP contribution in [0.3, 0.4) is 0 Å². The number of hydrogen-bond donors (Lipinski definition) is 1. The van der Waals surface area contributed by atoms with Crippen LogP contribution in [0.4, 0.5) is 0 Å². The zero-order valence-corrected chi connectivity index (χ0v) is 11.6. The Labute approximate surface area is 114 Å². The number of esters is 1. The Morgan fingerprint density at radius 2 is 2.16 bits per heavy atom. The van der Waals surface area contributed by atoms with Crippen LogP contribution in [-0.2, 0) is 11.3 Å². The number of carbonyl (C=O) groups excluding carboxylic acids is 1. The highest BCUT2D eigenvalue weighted by atomic mass is 16.5. The minimum absolute atomic E-state index is 0.270. The van der Waals surface area contributed by atoms with E-state index in [1.165, 1.54) is 19.1 Å². The molecule has 0 bridgehead atoms. The van der Waals surface area contributed by atoms with Crippen LogP contribution in [0.5, 0.6) is 0 Å². The number of benzene rings is 1. The first kappa shape index (κ1) is 14.0. The molecule has 1 fully saturated rings. The summed E-state index contributed by atoms with van der Waals surface area (Å²) in [6.07, 6.45) is 1.18. The lowest BCUT2D eigenvalue weighted by Crippen LogP contribution is -2.29. The Morgan fingerprint density at radius 3 is 2.68 bits per heavy atom. The molecule has 1 heterocycles. The van der Waals surface area contributed by atoms with Crippen LogP contribution in [0.15, 0.2) is 24.3 Å². The summed E-state index contributed by atoms with van der Waals surface area (Å²) >= 11 is 0. The molecule has 4 heteroatoms. The summed E-state index contributed by atoms with van der Waals surface area (Å²) in [6.45, 7) is 5.17. The third kappa shape index (κ3) is 3.55. The molecule has 1 aromatic rings. The smallest absolute Gasteiger partial charge is 0.337 e. The summed E-state index contributed by atoms with van der Waals surface area (Å²) < 4.78 is 4.69. The molecular formula is C15H22N2O2. The van der Waals surface area contributed by atoms with E-state index in [1.54, 1.807) is 0 Å². The van der Waals surface area contributed by atoms with Gasteiger partial charge < -0.3 is 10.5 Å². The summed E-state index contributed by atoms with van der Waals surface area (Å²) in [6, 6.07) is 7.89. The van der Waals surface area contributed by atoms with Crippen molar-refractivity contribution in [3.8, 4) is 0 Å². The van der Waals surface area contributed by atoms with Gasteiger partial charge in [-0.1, -0.05) is 12.1 Å². The Bertz CT molecular complexity index is 428. The molecule has 2 unspecified atom stereocenters. The topological polar surface area (TPSA) is 55.6 Å². The van der Waals surface area contributed by atoms with Crippen molar-refractivity contribution in [2.24, 2.45) is 11.7 Å². The molecule has 0 amide bonds. The number of nitrogens with two attached hydrogens (primary N) is 1. The van der Waals surface area contributed by atoms with Crippen molar-refractivity contribution in [1.29, 1.82) is 0 Å². The predicted molar refractivity (Wildman–Crippen MR) is 74.8 cm³/mol. The SMILES string of the molecule is COC(=O)c1ccc(CN2CCC(C(C)N)C2)cc1. The van der Waals surface area contributed by atoms with E-state index in [-0.39, 0.29) is 12.0 Å². The first-order valence-corrected chi connectivity index (χ1v) is 6.75. The van der Waals surface area contributed by atoms with Gasteiger partial charge in [0.25, 0.3) is 0 Å². The van der Waals surface area contributed by atoms with Crippen molar-refractivity contribution >= 4 is 5.97 Å². The number of carbonyl (C=O) groups is 1. The summed E-state index contributed by atoms with van der Waals surface area (Å²) in [5.74, 6) is 0.319. The normalized spacial score (nSPS) is 21.3. The highest BCUT2D eigenvalue weighted by molar-refractivity contribution is 5.89. The fraction of sp³-hybridized carbons (Fsp3) is 0.533. The lowest BCUT2D eigenvalue weighted by atomic mass is 10.0.